The highest BCUT2D eigenvalue weighted by atomic mass is 127. The standard InChI is InChI=1S/C17H15ClINO3/c1-9-3-4-11(7-10(9)2)15(17(22)23)20-16(21)13-6-5-12(18)8-14(13)19/h3-8,15H,1-2H3,(H,20,21)(H,22,23). The summed E-state index contributed by atoms with van der Waals surface area (Å²) >= 11 is 7.87. The van der Waals surface area contributed by atoms with E-state index in [1.807, 2.05) is 42.5 Å². The van der Waals surface area contributed by atoms with Gasteiger partial charge in [0, 0.05) is 8.59 Å². The van der Waals surface area contributed by atoms with Gasteiger partial charge in [-0.25, -0.2) is 4.79 Å². The average Bonchev–Trinajstić information content (AvgIpc) is 2.47. The zero-order valence-electron chi connectivity index (χ0n) is 12.6. The second-order valence-electron chi connectivity index (χ2n) is 5.21. The normalized spacial score (nSPS) is 11.8. The topological polar surface area (TPSA) is 66.4 Å². The van der Waals surface area contributed by atoms with Crippen LogP contribution in [0.15, 0.2) is 36.4 Å². The van der Waals surface area contributed by atoms with Gasteiger partial charge in [-0.3, -0.25) is 4.79 Å². The summed E-state index contributed by atoms with van der Waals surface area (Å²) in [6, 6.07) is 9.08. The van der Waals surface area contributed by atoms with Crippen LogP contribution in [-0.2, 0) is 4.79 Å². The summed E-state index contributed by atoms with van der Waals surface area (Å²) in [4.78, 5) is 24.0. The van der Waals surface area contributed by atoms with Gasteiger partial charge in [-0.1, -0.05) is 29.8 Å². The molecular formula is C17H15ClINO3. The number of aryl methyl sites for hydroxylation is 2. The number of carbonyl (C=O) groups excluding carboxylic acids is 1. The number of rotatable bonds is 4. The Morgan fingerprint density at radius 3 is 2.39 bits per heavy atom. The molecule has 6 heteroatoms. The van der Waals surface area contributed by atoms with E-state index in [-0.39, 0.29) is 0 Å². The van der Waals surface area contributed by atoms with Crippen molar-refractivity contribution in [2.24, 2.45) is 0 Å². The lowest BCUT2D eigenvalue weighted by Crippen LogP contribution is -2.34. The van der Waals surface area contributed by atoms with Gasteiger partial charge < -0.3 is 10.4 Å². The van der Waals surface area contributed by atoms with Crippen LogP contribution in [0, 0.1) is 17.4 Å². The van der Waals surface area contributed by atoms with Crippen LogP contribution in [0.5, 0.6) is 0 Å². The number of nitrogens with one attached hydrogen (secondary N) is 1. The van der Waals surface area contributed by atoms with Crippen molar-refractivity contribution in [2.45, 2.75) is 19.9 Å². The number of benzene rings is 2. The Balaban J connectivity index is 2.30. The van der Waals surface area contributed by atoms with Crippen molar-refractivity contribution < 1.29 is 14.7 Å². The van der Waals surface area contributed by atoms with E-state index in [0.29, 0.717) is 19.7 Å². The van der Waals surface area contributed by atoms with Crippen LogP contribution in [-0.4, -0.2) is 17.0 Å². The van der Waals surface area contributed by atoms with Crippen LogP contribution >= 0.6 is 34.2 Å². The molecule has 1 atom stereocenters. The number of carbonyl (C=O) groups is 2. The molecule has 2 rings (SSSR count). The lowest BCUT2D eigenvalue weighted by molar-refractivity contribution is -0.139. The summed E-state index contributed by atoms with van der Waals surface area (Å²) < 4.78 is 0.664. The SMILES string of the molecule is Cc1ccc(C(NC(=O)c2ccc(Cl)cc2I)C(=O)O)cc1C. The largest absolute Gasteiger partial charge is 0.479 e. The van der Waals surface area contributed by atoms with Crippen LogP contribution in [0.4, 0.5) is 0 Å². The number of carboxylic acids is 1. The van der Waals surface area contributed by atoms with E-state index in [9.17, 15) is 14.7 Å². The van der Waals surface area contributed by atoms with E-state index in [2.05, 4.69) is 5.32 Å². The third-order valence-electron chi connectivity index (χ3n) is 3.56. The van der Waals surface area contributed by atoms with Crippen molar-refractivity contribution in [3.05, 3.63) is 67.2 Å². The summed E-state index contributed by atoms with van der Waals surface area (Å²) in [5.74, 6) is -1.55. The van der Waals surface area contributed by atoms with Gasteiger partial charge in [0.05, 0.1) is 5.56 Å². The second kappa shape index (κ2) is 7.31. The quantitative estimate of drug-likeness (QED) is 0.699. The van der Waals surface area contributed by atoms with Crippen LogP contribution in [0.1, 0.15) is 33.1 Å². The van der Waals surface area contributed by atoms with Crippen LogP contribution < -0.4 is 5.32 Å². The molecule has 23 heavy (non-hydrogen) atoms. The molecule has 120 valence electrons. The molecule has 0 saturated heterocycles. The second-order valence-corrected chi connectivity index (χ2v) is 6.81. The smallest absolute Gasteiger partial charge is 0.330 e. The monoisotopic (exact) mass is 443 g/mol. The summed E-state index contributed by atoms with van der Waals surface area (Å²) in [6.45, 7) is 3.85. The Hall–Kier alpha value is -1.60. The maximum atomic E-state index is 12.4. The zero-order valence-corrected chi connectivity index (χ0v) is 15.5. The Morgan fingerprint density at radius 2 is 1.83 bits per heavy atom. The maximum absolute atomic E-state index is 12.4. The maximum Gasteiger partial charge on any atom is 0.330 e. The number of halogens is 2. The Labute approximate surface area is 153 Å². The van der Waals surface area contributed by atoms with Crippen molar-refractivity contribution in [1.29, 1.82) is 0 Å². The van der Waals surface area contributed by atoms with Gasteiger partial charge in [-0.2, -0.15) is 0 Å². The number of hydrogen-bond donors (Lipinski definition) is 2. The highest BCUT2D eigenvalue weighted by Crippen LogP contribution is 2.21. The fourth-order valence-corrected chi connectivity index (χ4v) is 3.23. The van der Waals surface area contributed by atoms with Crippen LogP contribution in [0.25, 0.3) is 0 Å². The van der Waals surface area contributed by atoms with Gasteiger partial charge >= 0.3 is 5.97 Å². The fraction of sp³-hybridized carbons (Fsp3) is 0.176. The molecule has 1 amide bonds. The summed E-state index contributed by atoms with van der Waals surface area (Å²) in [7, 11) is 0. The molecule has 0 bridgehead atoms. The van der Waals surface area contributed by atoms with Crippen molar-refractivity contribution in [3.8, 4) is 0 Å². The Bertz CT molecular complexity index is 776. The van der Waals surface area contributed by atoms with Crippen LogP contribution in [0.2, 0.25) is 5.02 Å². The first kappa shape index (κ1) is 17.7. The molecular weight excluding hydrogens is 429 g/mol. The molecule has 0 aliphatic heterocycles. The van der Waals surface area contributed by atoms with E-state index in [0.717, 1.165) is 11.1 Å². The van der Waals surface area contributed by atoms with E-state index < -0.39 is 17.9 Å². The molecule has 0 radical (unpaired) electrons. The highest BCUT2D eigenvalue weighted by molar-refractivity contribution is 14.1. The van der Waals surface area contributed by atoms with Gasteiger partial charge in [-0.15, -0.1) is 0 Å². The summed E-state index contributed by atoms with van der Waals surface area (Å²) in [6.07, 6.45) is 0. The van der Waals surface area contributed by atoms with E-state index in [4.69, 9.17) is 11.6 Å². The predicted molar refractivity (Wildman–Crippen MR) is 97.9 cm³/mol. The molecule has 0 aromatic heterocycles. The number of carboxylic acid groups (broad SMARTS) is 1. The zero-order chi connectivity index (χ0) is 17.1. The van der Waals surface area contributed by atoms with Crippen molar-refractivity contribution >= 4 is 46.1 Å². The molecule has 0 heterocycles. The lowest BCUT2D eigenvalue weighted by Gasteiger charge is -2.17. The lowest BCUT2D eigenvalue weighted by atomic mass is 10.0. The van der Waals surface area contributed by atoms with Gasteiger partial charge in [0.25, 0.3) is 5.91 Å². The molecule has 2 aromatic rings. The minimum atomic E-state index is -1.11. The van der Waals surface area contributed by atoms with Gasteiger partial charge in [0.15, 0.2) is 6.04 Å². The van der Waals surface area contributed by atoms with Gasteiger partial charge in [-0.05, 0) is 71.3 Å². The van der Waals surface area contributed by atoms with E-state index in [1.54, 1.807) is 30.3 Å². The molecule has 2 N–H and O–H groups in total. The van der Waals surface area contributed by atoms with Crippen molar-refractivity contribution in [3.63, 3.8) is 0 Å². The fourth-order valence-electron chi connectivity index (χ4n) is 2.11. The number of hydrogen-bond acceptors (Lipinski definition) is 2. The third-order valence-corrected chi connectivity index (χ3v) is 4.69. The Morgan fingerprint density at radius 1 is 1.13 bits per heavy atom. The summed E-state index contributed by atoms with van der Waals surface area (Å²) in [5, 5.41) is 12.6. The number of amides is 1. The molecule has 1 unspecified atom stereocenters. The molecule has 4 nitrogen and oxygen atoms in total. The first-order chi connectivity index (χ1) is 10.8. The first-order valence-electron chi connectivity index (χ1n) is 6.85. The third kappa shape index (κ3) is 4.23. The van der Waals surface area contributed by atoms with Crippen molar-refractivity contribution in [1.82, 2.24) is 5.32 Å². The molecule has 0 spiro atoms. The summed E-state index contributed by atoms with van der Waals surface area (Å²) in [5.41, 5.74) is 2.98. The number of aliphatic carboxylic acids is 1. The molecule has 2 aromatic carbocycles. The van der Waals surface area contributed by atoms with E-state index >= 15 is 0 Å². The molecule has 0 aliphatic rings. The minimum absolute atomic E-state index is 0.394. The average molecular weight is 444 g/mol. The van der Waals surface area contributed by atoms with E-state index in [1.165, 1.54) is 0 Å². The molecule has 0 fully saturated rings. The first-order valence-corrected chi connectivity index (χ1v) is 8.31. The van der Waals surface area contributed by atoms with Gasteiger partial charge in [0.2, 0.25) is 0 Å². The Kier molecular flexibility index (Phi) is 5.64. The van der Waals surface area contributed by atoms with Crippen molar-refractivity contribution in [2.75, 3.05) is 0 Å². The minimum Gasteiger partial charge on any atom is -0.479 e. The highest BCUT2D eigenvalue weighted by Gasteiger charge is 2.24. The predicted octanol–water partition coefficient (Wildman–Crippen LogP) is 4.12. The van der Waals surface area contributed by atoms with Crippen LogP contribution in [0.3, 0.4) is 0 Å². The molecule has 0 aliphatic carbocycles. The molecule has 0 saturated carbocycles. The van der Waals surface area contributed by atoms with Gasteiger partial charge in [0.1, 0.15) is 0 Å².